The zero-order valence-corrected chi connectivity index (χ0v) is 13.2. The van der Waals surface area contributed by atoms with Gasteiger partial charge in [-0.3, -0.25) is 4.79 Å². The van der Waals surface area contributed by atoms with Crippen molar-refractivity contribution in [3.8, 4) is 5.75 Å². The van der Waals surface area contributed by atoms with E-state index < -0.39 is 15.2 Å². The Morgan fingerprint density at radius 3 is 2.71 bits per heavy atom. The van der Waals surface area contributed by atoms with Crippen LogP contribution in [0.15, 0.2) is 23.1 Å². The largest absolute Gasteiger partial charge is 0.495 e. The predicted molar refractivity (Wildman–Crippen MR) is 78.2 cm³/mol. The lowest BCUT2D eigenvalue weighted by molar-refractivity contribution is -0.126. The van der Waals surface area contributed by atoms with Crippen molar-refractivity contribution in [2.75, 3.05) is 19.0 Å². The highest BCUT2D eigenvalue weighted by atomic mass is 35.7. The van der Waals surface area contributed by atoms with Gasteiger partial charge in [-0.1, -0.05) is 6.92 Å². The first-order valence-corrected chi connectivity index (χ1v) is 8.69. The van der Waals surface area contributed by atoms with E-state index in [0.29, 0.717) is 12.3 Å². The number of nitrogens with one attached hydrogen (secondary N) is 1. The number of halogens is 1. The molecule has 6 nitrogen and oxygen atoms in total. The normalized spacial score (nSPS) is 22.0. The zero-order valence-electron chi connectivity index (χ0n) is 11.6. The first-order chi connectivity index (χ1) is 9.82. The average molecular weight is 334 g/mol. The summed E-state index contributed by atoms with van der Waals surface area (Å²) in [6.45, 7) is 2.48. The molecule has 2 unspecified atom stereocenters. The third-order valence-corrected chi connectivity index (χ3v) is 4.68. The highest BCUT2D eigenvalue weighted by Crippen LogP contribution is 2.30. The minimum atomic E-state index is -3.97. The Hall–Kier alpha value is -1.31. The molecule has 1 N–H and O–H groups in total. The molecule has 8 heteroatoms. The van der Waals surface area contributed by atoms with Crippen LogP contribution in [0.1, 0.15) is 13.3 Å². The molecule has 0 radical (unpaired) electrons. The van der Waals surface area contributed by atoms with Gasteiger partial charge in [0.05, 0.1) is 7.11 Å². The van der Waals surface area contributed by atoms with Crippen molar-refractivity contribution >= 4 is 31.3 Å². The van der Waals surface area contributed by atoms with E-state index in [4.69, 9.17) is 20.2 Å². The summed E-state index contributed by atoms with van der Waals surface area (Å²) in [5.41, 5.74) is 0.322. The average Bonchev–Trinajstić information content (AvgIpc) is 2.84. The van der Waals surface area contributed by atoms with Gasteiger partial charge in [-0.2, -0.15) is 0 Å². The van der Waals surface area contributed by atoms with Crippen molar-refractivity contribution in [2.24, 2.45) is 5.92 Å². The topological polar surface area (TPSA) is 81.7 Å². The van der Waals surface area contributed by atoms with E-state index in [-0.39, 0.29) is 22.5 Å². The molecule has 1 aliphatic rings. The molecule has 116 valence electrons. The summed E-state index contributed by atoms with van der Waals surface area (Å²) in [6, 6.07) is 4.24. The lowest BCUT2D eigenvalue weighted by atomic mass is 10.0. The number of anilines is 1. The first kappa shape index (κ1) is 16.1. The monoisotopic (exact) mass is 333 g/mol. The van der Waals surface area contributed by atoms with Gasteiger partial charge in [0.15, 0.2) is 0 Å². The van der Waals surface area contributed by atoms with E-state index in [1.807, 2.05) is 6.92 Å². The minimum Gasteiger partial charge on any atom is -0.495 e. The third kappa shape index (κ3) is 3.66. The van der Waals surface area contributed by atoms with E-state index in [2.05, 4.69) is 5.32 Å². The van der Waals surface area contributed by atoms with Gasteiger partial charge >= 0.3 is 0 Å². The molecule has 0 bridgehead atoms. The number of carbonyl (C=O) groups is 1. The Labute approximate surface area is 127 Å². The molecule has 0 aliphatic carbocycles. The third-order valence-electron chi connectivity index (χ3n) is 3.34. The number of benzene rings is 1. The van der Waals surface area contributed by atoms with Crippen LogP contribution in [0, 0.1) is 5.92 Å². The van der Waals surface area contributed by atoms with E-state index in [0.717, 1.165) is 6.42 Å². The second kappa shape index (κ2) is 6.21. The van der Waals surface area contributed by atoms with Crippen molar-refractivity contribution in [1.29, 1.82) is 0 Å². The molecule has 0 saturated carbocycles. The van der Waals surface area contributed by atoms with Crippen LogP contribution in [-0.2, 0) is 18.6 Å². The Morgan fingerprint density at radius 1 is 1.48 bits per heavy atom. The van der Waals surface area contributed by atoms with Crippen LogP contribution < -0.4 is 10.1 Å². The summed E-state index contributed by atoms with van der Waals surface area (Å²) < 4.78 is 33.3. The van der Waals surface area contributed by atoms with Crippen molar-refractivity contribution in [2.45, 2.75) is 24.3 Å². The fourth-order valence-electron chi connectivity index (χ4n) is 2.19. The van der Waals surface area contributed by atoms with Gasteiger partial charge in [-0.25, -0.2) is 8.42 Å². The van der Waals surface area contributed by atoms with Crippen molar-refractivity contribution < 1.29 is 22.7 Å². The fourth-order valence-corrected chi connectivity index (χ4v) is 3.21. The van der Waals surface area contributed by atoms with Crippen LogP contribution in [0.5, 0.6) is 5.75 Å². The van der Waals surface area contributed by atoms with Crippen LogP contribution in [0.25, 0.3) is 0 Å². The van der Waals surface area contributed by atoms with Crippen molar-refractivity contribution in [3.63, 3.8) is 0 Å². The van der Waals surface area contributed by atoms with Crippen molar-refractivity contribution in [3.05, 3.63) is 18.2 Å². The van der Waals surface area contributed by atoms with Gasteiger partial charge in [-0.15, -0.1) is 0 Å². The maximum atomic E-state index is 12.1. The highest BCUT2D eigenvalue weighted by molar-refractivity contribution is 8.13. The number of rotatable bonds is 4. The van der Waals surface area contributed by atoms with Crippen LogP contribution in [0.3, 0.4) is 0 Å². The molecule has 2 rings (SSSR count). The number of hydrogen-bond donors (Lipinski definition) is 1. The first-order valence-electron chi connectivity index (χ1n) is 6.38. The van der Waals surface area contributed by atoms with Gasteiger partial charge < -0.3 is 14.8 Å². The van der Waals surface area contributed by atoms with Gasteiger partial charge in [-0.05, 0) is 30.5 Å². The highest BCUT2D eigenvalue weighted by Gasteiger charge is 2.31. The van der Waals surface area contributed by atoms with Gasteiger partial charge in [0.25, 0.3) is 15.0 Å². The quantitative estimate of drug-likeness (QED) is 0.852. The molecule has 1 amide bonds. The minimum absolute atomic E-state index is 0.119. The van der Waals surface area contributed by atoms with E-state index in [9.17, 15) is 13.2 Å². The summed E-state index contributed by atoms with van der Waals surface area (Å²) in [4.78, 5) is 11.9. The van der Waals surface area contributed by atoms with Crippen LogP contribution in [-0.4, -0.2) is 34.1 Å². The Morgan fingerprint density at radius 2 is 2.19 bits per heavy atom. The maximum absolute atomic E-state index is 12.1. The number of ether oxygens (including phenoxy) is 2. The lowest BCUT2D eigenvalue weighted by Gasteiger charge is -2.15. The second-order valence-corrected chi connectivity index (χ2v) is 7.38. The predicted octanol–water partition coefficient (Wildman–Crippen LogP) is 1.99. The standard InChI is InChI=1S/C13H16ClNO5S/c1-8-5-6-20-12(8)13(16)15-9-3-4-10(19-2)11(7-9)21(14,17)18/h3-4,7-8,12H,5-6H2,1-2H3,(H,15,16). The van der Waals surface area contributed by atoms with Crippen LogP contribution >= 0.6 is 10.7 Å². The molecule has 1 aromatic carbocycles. The number of amides is 1. The summed E-state index contributed by atoms with van der Waals surface area (Å²) in [5.74, 6) is -0.0592. The molecule has 2 atom stereocenters. The molecule has 1 aliphatic heterocycles. The van der Waals surface area contributed by atoms with E-state index in [1.54, 1.807) is 6.07 Å². The molecular formula is C13H16ClNO5S. The van der Waals surface area contributed by atoms with Gasteiger partial charge in [0.2, 0.25) is 0 Å². The molecule has 1 fully saturated rings. The van der Waals surface area contributed by atoms with Gasteiger partial charge in [0, 0.05) is 23.0 Å². The molecule has 0 aromatic heterocycles. The molecule has 1 saturated heterocycles. The summed E-state index contributed by atoms with van der Waals surface area (Å²) in [6.07, 6.45) is 0.297. The van der Waals surface area contributed by atoms with E-state index >= 15 is 0 Å². The van der Waals surface area contributed by atoms with E-state index in [1.165, 1.54) is 19.2 Å². The number of methoxy groups -OCH3 is 1. The summed E-state index contributed by atoms with van der Waals surface area (Å²) in [7, 11) is 2.73. The number of hydrogen-bond acceptors (Lipinski definition) is 5. The molecule has 1 aromatic rings. The van der Waals surface area contributed by atoms with Crippen molar-refractivity contribution in [1.82, 2.24) is 0 Å². The molecular weight excluding hydrogens is 318 g/mol. The maximum Gasteiger partial charge on any atom is 0.265 e. The van der Waals surface area contributed by atoms with Crippen LogP contribution in [0.4, 0.5) is 5.69 Å². The molecule has 0 spiro atoms. The Balaban J connectivity index is 2.23. The second-order valence-electron chi connectivity index (χ2n) is 4.85. The van der Waals surface area contributed by atoms with Crippen LogP contribution in [0.2, 0.25) is 0 Å². The summed E-state index contributed by atoms with van der Waals surface area (Å²) >= 11 is 0. The zero-order chi connectivity index (χ0) is 15.6. The molecule has 1 heterocycles. The number of carbonyl (C=O) groups excluding carboxylic acids is 1. The Bertz CT molecular complexity index is 646. The Kier molecular flexibility index (Phi) is 4.75. The molecule has 21 heavy (non-hydrogen) atoms. The fraction of sp³-hybridized carbons (Fsp3) is 0.462. The lowest BCUT2D eigenvalue weighted by Crippen LogP contribution is -2.31. The smallest absolute Gasteiger partial charge is 0.265 e. The summed E-state index contributed by atoms with van der Waals surface area (Å²) in [5, 5.41) is 2.64. The SMILES string of the molecule is COc1ccc(NC(=O)C2OCCC2C)cc1S(=O)(=O)Cl. The van der Waals surface area contributed by atoms with Gasteiger partial charge in [0.1, 0.15) is 16.7 Å².